The number of nitrogens with two attached hydrogens (primary N) is 1. The van der Waals surface area contributed by atoms with Crippen molar-refractivity contribution in [1.82, 2.24) is 0 Å². The lowest BCUT2D eigenvalue weighted by Crippen LogP contribution is -2.47. The fourth-order valence-electron chi connectivity index (χ4n) is 2.70. The summed E-state index contributed by atoms with van der Waals surface area (Å²) in [7, 11) is 0. The van der Waals surface area contributed by atoms with Crippen molar-refractivity contribution in [1.29, 1.82) is 0 Å². The molecule has 2 aromatic carbocycles. The van der Waals surface area contributed by atoms with Crippen molar-refractivity contribution < 1.29 is 9.47 Å². The molecular formula is C17H19NO2. The van der Waals surface area contributed by atoms with Crippen molar-refractivity contribution >= 4 is 0 Å². The quantitative estimate of drug-likeness (QED) is 0.927. The molecule has 3 nitrogen and oxygen atoms in total. The molecule has 0 radical (unpaired) electrons. The molecule has 0 spiro atoms. The molecule has 104 valence electrons. The first-order valence-electron chi connectivity index (χ1n) is 6.94. The van der Waals surface area contributed by atoms with Crippen LogP contribution in [0.1, 0.15) is 11.1 Å². The molecule has 0 bridgehead atoms. The molecule has 2 N–H and O–H groups in total. The van der Waals surface area contributed by atoms with Gasteiger partial charge in [-0.2, -0.15) is 0 Å². The molecule has 1 aliphatic rings. The normalized spacial score (nSPS) is 18.9. The van der Waals surface area contributed by atoms with Crippen molar-refractivity contribution in [3.05, 3.63) is 71.8 Å². The first-order valence-corrected chi connectivity index (χ1v) is 6.94. The standard InChI is InChI=1S/C17H19NO2/c18-16(13-14-7-3-1-4-8-14)17(19-11-12-20-17)15-9-5-2-6-10-15/h1-10,16H,11-13,18H2. The highest BCUT2D eigenvalue weighted by atomic mass is 16.7. The number of ether oxygens (including phenoxy) is 2. The summed E-state index contributed by atoms with van der Waals surface area (Å²) in [5.41, 5.74) is 8.60. The second kappa shape index (κ2) is 5.75. The van der Waals surface area contributed by atoms with E-state index in [1.54, 1.807) is 0 Å². The lowest BCUT2D eigenvalue weighted by Gasteiger charge is -2.33. The summed E-state index contributed by atoms with van der Waals surface area (Å²) in [5.74, 6) is -0.822. The second-order valence-corrected chi connectivity index (χ2v) is 5.03. The molecule has 1 atom stereocenters. The molecule has 3 heteroatoms. The molecule has 0 aromatic heterocycles. The molecule has 2 aromatic rings. The van der Waals surface area contributed by atoms with Gasteiger partial charge in [0.25, 0.3) is 0 Å². The zero-order valence-electron chi connectivity index (χ0n) is 11.4. The Hall–Kier alpha value is -1.68. The van der Waals surface area contributed by atoms with Crippen molar-refractivity contribution in [3.63, 3.8) is 0 Å². The summed E-state index contributed by atoms with van der Waals surface area (Å²) < 4.78 is 11.8. The van der Waals surface area contributed by atoms with Gasteiger partial charge in [-0.05, 0) is 12.0 Å². The first kappa shape index (κ1) is 13.3. The zero-order valence-corrected chi connectivity index (χ0v) is 11.4. The highest BCUT2D eigenvalue weighted by Crippen LogP contribution is 2.35. The van der Waals surface area contributed by atoms with Crippen molar-refractivity contribution in [3.8, 4) is 0 Å². The summed E-state index contributed by atoms with van der Waals surface area (Å²) in [5, 5.41) is 0. The molecule has 1 saturated heterocycles. The fraction of sp³-hybridized carbons (Fsp3) is 0.294. The van der Waals surface area contributed by atoms with Crippen molar-refractivity contribution in [2.75, 3.05) is 13.2 Å². The highest BCUT2D eigenvalue weighted by molar-refractivity contribution is 5.25. The van der Waals surface area contributed by atoms with Crippen LogP contribution in [0.2, 0.25) is 0 Å². The van der Waals surface area contributed by atoms with Gasteiger partial charge in [0.1, 0.15) is 0 Å². The van der Waals surface area contributed by atoms with Crippen molar-refractivity contribution in [2.45, 2.75) is 18.2 Å². The SMILES string of the molecule is NC(Cc1ccccc1)C1(c2ccccc2)OCCO1. The van der Waals surface area contributed by atoms with E-state index in [4.69, 9.17) is 15.2 Å². The summed E-state index contributed by atoms with van der Waals surface area (Å²) in [6, 6.07) is 19.9. The van der Waals surface area contributed by atoms with Gasteiger partial charge in [0, 0.05) is 5.56 Å². The third kappa shape index (κ3) is 2.48. The first-order chi connectivity index (χ1) is 9.81. The van der Waals surface area contributed by atoms with Crippen LogP contribution >= 0.6 is 0 Å². The van der Waals surface area contributed by atoms with Crippen LogP contribution in [0.25, 0.3) is 0 Å². The van der Waals surface area contributed by atoms with E-state index in [2.05, 4.69) is 12.1 Å². The van der Waals surface area contributed by atoms with Crippen LogP contribution in [0.4, 0.5) is 0 Å². The van der Waals surface area contributed by atoms with E-state index in [9.17, 15) is 0 Å². The Labute approximate surface area is 119 Å². The van der Waals surface area contributed by atoms with Crippen LogP contribution in [-0.2, 0) is 21.7 Å². The largest absolute Gasteiger partial charge is 0.342 e. The van der Waals surface area contributed by atoms with Gasteiger partial charge in [-0.15, -0.1) is 0 Å². The van der Waals surface area contributed by atoms with E-state index >= 15 is 0 Å². The van der Waals surface area contributed by atoms with Gasteiger partial charge in [0.05, 0.1) is 19.3 Å². The topological polar surface area (TPSA) is 44.5 Å². The van der Waals surface area contributed by atoms with Crippen LogP contribution in [0.3, 0.4) is 0 Å². The summed E-state index contributed by atoms with van der Waals surface area (Å²) in [4.78, 5) is 0. The molecule has 0 saturated carbocycles. The Kier molecular flexibility index (Phi) is 3.83. The number of hydrogen-bond acceptors (Lipinski definition) is 3. The number of benzene rings is 2. The minimum Gasteiger partial charge on any atom is -0.342 e. The van der Waals surface area contributed by atoms with Crippen LogP contribution < -0.4 is 5.73 Å². The molecule has 0 aliphatic carbocycles. The maximum atomic E-state index is 6.43. The molecule has 1 heterocycles. The maximum absolute atomic E-state index is 6.43. The van der Waals surface area contributed by atoms with Crippen molar-refractivity contribution in [2.24, 2.45) is 5.73 Å². The summed E-state index contributed by atoms with van der Waals surface area (Å²) in [6.45, 7) is 1.16. The van der Waals surface area contributed by atoms with E-state index < -0.39 is 5.79 Å². The average molecular weight is 269 g/mol. The van der Waals surface area contributed by atoms with E-state index in [0.717, 1.165) is 12.0 Å². The average Bonchev–Trinajstić information content (AvgIpc) is 3.00. The van der Waals surface area contributed by atoms with Gasteiger partial charge in [0.2, 0.25) is 5.79 Å². The Balaban J connectivity index is 1.87. The highest BCUT2D eigenvalue weighted by Gasteiger charge is 2.44. The lowest BCUT2D eigenvalue weighted by molar-refractivity contribution is -0.181. The smallest absolute Gasteiger partial charge is 0.211 e. The van der Waals surface area contributed by atoms with Gasteiger partial charge in [-0.25, -0.2) is 0 Å². The predicted octanol–water partition coefficient (Wildman–Crippen LogP) is 2.46. The number of hydrogen-bond donors (Lipinski definition) is 1. The van der Waals surface area contributed by atoms with E-state index in [1.807, 2.05) is 48.5 Å². The number of rotatable bonds is 4. The van der Waals surface area contributed by atoms with Crippen LogP contribution in [0, 0.1) is 0 Å². The summed E-state index contributed by atoms with van der Waals surface area (Å²) in [6.07, 6.45) is 0.718. The Morgan fingerprint density at radius 1 is 0.900 bits per heavy atom. The van der Waals surface area contributed by atoms with Crippen LogP contribution in [-0.4, -0.2) is 19.3 Å². The molecular weight excluding hydrogens is 250 g/mol. The molecule has 1 aliphatic heterocycles. The Morgan fingerprint density at radius 3 is 2.05 bits per heavy atom. The van der Waals surface area contributed by atoms with Gasteiger partial charge < -0.3 is 15.2 Å². The minimum atomic E-state index is -0.822. The lowest BCUT2D eigenvalue weighted by atomic mass is 9.93. The summed E-state index contributed by atoms with van der Waals surface area (Å²) >= 11 is 0. The van der Waals surface area contributed by atoms with Gasteiger partial charge in [-0.1, -0.05) is 60.7 Å². The maximum Gasteiger partial charge on any atom is 0.211 e. The van der Waals surface area contributed by atoms with Gasteiger partial charge in [-0.3, -0.25) is 0 Å². The second-order valence-electron chi connectivity index (χ2n) is 5.03. The van der Waals surface area contributed by atoms with Gasteiger partial charge in [0.15, 0.2) is 0 Å². The molecule has 1 unspecified atom stereocenters. The third-order valence-corrected chi connectivity index (χ3v) is 3.68. The molecule has 20 heavy (non-hydrogen) atoms. The minimum absolute atomic E-state index is 0.241. The Bertz CT molecular complexity index is 535. The molecule has 1 fully saturated rings. The molecule has 3 rings (SSSR count). The predicted molar refractivity (Wildman–Crippen MR) is 78.1 cm³/mol. The fourth-order valence-corrected chi connectivity index (χ4v) is 2.70. The van der Waals surface area contributed by atoms with E-state index in [0.29, 0.717) is 13.2 Å². The Morgan fingerprint density at radius 2 is 1.45 bits per heavy atom. The van der Waals surface area contributed by atoms with Gasteiger partial charge >= 0.3 is 0 Å². The van der Waals surface area contributed by atoms with Crippen LogP contribution in [0.15, 0.2) is 60.7 Å². The monoisotopic (exact) mass is 269 g/mol. The zero-order chi connectivity index (χ0) is 13.8. The van der Waals surface area contributed by atoms with E-state index in [1.165, 1.54) is 5.56 Å². The molecule has 0 amide bonds. The van der Waals surface area contributed by atoms with Crippen LogP contribution in [0.5, 0.6) is 0 Å². The van der Waals surface area contributed by atoms with E-state index in [-0.39, 0.29) is 6.04 Å². The third-order valence-electron chi connectivity index (χ3n) is 3.68.